The van der Waals surface area contributed by atoms with E-state index in [0.29, 0.717) is 10.6 Å². The van der Waals surface area contributed by atoms with Gasteiger partial charge in [-0.15, -0.1) is 0 Å². The smallest absolute Gasteiger partial charge is 0.351 e. The summed E-state index contributed by atoms with van der Waals surface area (Å²) in [7, 11) is -4.70. The van der Waals surface area contributed by atoms with E-state index < -0.39 is 27.9 Å². The molecule has 0 atom stereocenters. The number of nitrogens with zero attached hydrogens (tertiary/aromatic N) is 2. The molecule has 0 unspecified atom stereocenters. The van der Waals surface area contributed by atoms with E-state index in [9.17, 15) is 26.4 Å². The first-order chi connectivity index (χ1) is 15.3. The Hall–Kier alpha value is -2.86. The van der Waals surface area contributed by atoms with E-state index in [1.807, 2.05) is 6.92 Å². The lowest BCUT2D eigenvalue weighted by atomic mass is 9.79. The number of aliphatic imine (C=N–C) groups is 1. The van der Waals surface area contributed by atoms with Gasteiger partial charge in [0, 0.05) is 16.1 Å². The quantitative estimate of drug-likeness (QED) is 0.402. The van der Waals surface area contributed by atoms with Gasteiger partial charge in [-0.3, -0.25) is 9.52 Å². The number of guanidine groups is 1. The Balaban J connectivity index is 1.81. The van der Waals surface area contributed by atoms with Crippen LogP contribution in [0.5, 0.6) is 0 Å². The zero-order valence-corrected chi connectivity index (χ0v) is 19.0. The number of hydrogen-bond acceptors (Lipinski definition) is 4. The molecule has 1 aromatic heterocycles. The molecular formula is C20H21ClF3N5O3S. The summed E-state index contributed by atoms with van der Waals surface area (Å²) in [4.78, 5) is 20.7. The topological polar surface area (TPSA) is 113 Å². The molecule has 178 valence electrons. The van der Waals surface area contributed by atoms with Crippen LogP contribution in [0.1, 0.15) is 36.5 Å². The number of anilines is 2. The van der Waals surface area contributed by atoms with Gasteiger partial charge in [0.2, 0.25) is 16.0 Å². The van der Waals surface area contributed by atoms with E-state index in [0.717, 1.165) is 19.3 Å². The van der Waals surface area contributed by atoms with Gasteiger partial charge in [0.25, 0.3) is 5.91 Å². The maximum Gasteiger partial charge on any atom is 0.404 e. The molecule has 13 heteroatoms. The Morgan fingerprint density at radius 3 is 2.36 bits per heavy atom. The highest BCUT2D eigenvalue weighted by molar-refractivity contribution is 7.92. The fourth-order valence-corrected chi connectivity index (χ4v) is 4.12. The molecule has 1 heterocycles. The molecule has 3 N–H and O–H groups in total. The molecule has 3 rings (SSSR count). The predicted octanol–water partition coefficient (Wildman–Crippen LogP) is 4.18. The molecule has 1 aromatic carbocycles. The van der Waals surface area contributed by atoms with Crippen molar-refractivity contribution in [2.24, 2.45) is 4.99 Å². The minimum atomic E-state index is -4.90. The van der Waals surface area contributed by atoms with Crippen LogP contribution >= 0.6 is 11.6 Å². The average molecular weight is 504 g/mol. The monoisotopic (exact) mass is 503 g/mol. The van der Waals surface area contributed by atoms with Crippen molar-refractivity contribution < 1.29 is 26.4 Å². The molecular weight excluding hydrogens is 483 g/mol. The van der Waals surface area contributed by atoms with E-state index in [2.05, 4.69) is 20.6 Å². The number of rotatable bonds is 6. The van der Waals surface area contributed by atoms with Crippen LogP contribution in [0.3, 0.4) is 0 Å². The summed E-state index contributed by atoms with van der Waals surface area (Å²) in [5.41, 5.74) is -0.0150. The van der Waals surface area contributed by atoms with Crippen LogP contribution in [0, 0.1) is 0 Å². The summed E-state index contributed by atoms with van der Waals surface area (Å²) in [5, 5.41) is 6.43. The SMILES string of the molecule is CC1(N/C(=N/C(=O)c2ccc(Cl)cc2)Nc2cccc(NS(=O)(=O)CC(F)(F)F)n2)CCC1. The summed E-state index contributed by atoms with van der Waals surface area (Å²) < 4.78 is 62.7. The fourth-order valence-electron chi connectivity index (χ4n) is 3.06. The lowest BCUT2D eigenvalue weighted by Gasteiger charge is -2.40. The molecule has 1 amide bonds. The molecule has 0 saturated heterocycles. The highest BCUT2D eigenvalue weighted by Gasteiger charge is 2.35. The van der Waals surface area contributed by atoms with Gasteiger partial charge in [-0.05, 0) is 62.6 Å². The van der Waals surface area contributed by atoms with Crippen LogP contribution in [-0.4, -0.2) is 42.7 Å². The third kappa shape index (κ3) is 7.60. The second-order valence-electron chi connectivity index (χ2n) is 7.82. The highest BCUT2D eigenvalue weighted by atomic mass is 35.5. The normalized spacial score (nSPS) is 16.0. The van der Waals surface area contributed by atoms with Gasteiger partial charge < -0.3 is 10.6 Å². The summed E-state index contributed by atoms with van der Waals surface area (Å²) in [6, 6.07) is 10.2. The van der Waals surface area contributed by atoms with Crippen molar-refractivity contribution in [1.82, 2.24) is 10.3 Å². The standard InChI is InChI=1S/C20H21ClF3N5O3S/c1-19(10-3-11-19)28-18(27-17(30)13-6-8-14(21)9-7-13)26-15-4-2-5-16(25-15)29-33(31,32)12-20(22,23)24/h2,4-9H,3,10-12H2,1H3,(H3,25,26,27,28,29,30). The zero-order valence-electron chi connectivity index (χ0n) is 17.4. The number of benzene rings is 1. The predicted molar refractivity (Wildman–Crippen MR) is 120 cm³/mol. The number of alkyl halides is 3. The number of pyridine rings is 1. The Bertz CT molecular complexity index is 1150. The number of amides is 1. The molecule has 0 spiro atoms. The average Bonchev–Trinajstić information content (AvgIpc) is 2.65. The van der Waals surface area contributed by atoms with E-state index in [-0.39, 0.29) is 23.1 Å². The van der Waals surface area contributed by atoms with Crippen molar-refractivity contribution in [3.63, 3.8) is 0 Å². The van der Waals surface area contributed by atoms with E-state index in [4.69, 9.17) is 11.6 Å². The Labute approximate surface area is 193 Å². The first-order valence-electron chi connectivity index (χ1n) is 9.81. The lowest BCUT2D eigenvalue weighted by molar-refractivity contribution is -0.106. The maximum absolute atomic E-state index is 12.6. The largest absolute Gasteiger partial charge is 0.404 e. The van der Waals surface area contributed by atoms with Crippen molar-refractivity contribution in [3.8, 4) is 0 Å². The summed E-state index contributed by atoms with van der Waals surface area (Å²) >= 11 is 5.85. The number of halogens is 4. The highest BCUT2D eigenvalue weighted by Crippen LogP contribution is 2.31. The van der Waals surface area contributed by atoms with Crippen LogP contribution in [0.4, 0.5) is 24.8 Å². The van der Waals surface area contributed by atoms with E-state index >= 15 is 0 Å². The second kappa shape index (κ2) is 9.56. The molecule has 2 aromatic rings. The van der Waals surface area contributed by atoms with Crippen molar-refractivity contribution >= 4 is 45.1 Å². The second-order valence-corrected chi connectivity index (χ2v) is 9.98. The summed E-state index contributed by atoms with van der Waals surface area (Å²) in [6.07, 6.45) is -2.22. The minimum absolute atomic E-state index is 0.0694. The van der Waals surface area contributed by atoms with Gasteiger partial charge in [-0.25, -0.2) is 13.4 Å². The van der Waals surface area contributed by atoms with Crippen molar-refractivity contribution in [2.45, 2.75) is 37.9 Å². The summed E-state index contributed by atoms with van der Waals surface area (Å²) in [5.74, 6) is -2.78. The van der Waals surface area contributed by atoms with Crippen LogP contribution in [0.2, 0.25) is 5.02 Å². The molecule has 1 saturated carbocycles. The molecule has 0 bridgehead atoms. The zero-order chi connectivity index (χ0) is 24.3. The number of hydrogen-bond donors (Lipinski definition) is 3. The van der Waals surface area contributed by atoms with Crippen LogP contribution in [-0.2, 0) is 10.0 Å². The van der Waals surface area contributed by atoms with Crippen molar-refractivity contribution in [2.75, 3.05) is 15.8 Å². The molecule has 1 fully saturated rings. The first kappa shape index (κ1) is 24.8. The molecule has 0 radical (unpaired) electrons. The Morgan fingerprint density at radius 1 is 1.15 bits per heavy atom. The van der Waals surface area contributed by atoms with Gasteiger partial charge in [0.1, 0.15) is 11.6 Å². The van der Waals surface area contributed by atoms with Gasteiger partial charge in [0.05, 0.1) is 0 Å². The molecule has 33 heavy (non-hydrogen) atoms. The Morgan fingerprint density at radius 2 is 1.79 bits per heavy atom. The van der Waals surface area contributed by atoms with Gasteiger partial charge in [-0.1, -0.05) is 17.7 Å². The third-order valence-corrected chi connectivity index (χ3v) is 6.27. The number of nitrogens with one attached hydrogen (secondary N) is 3. The van der Waals surface area contributed by atoms with Crippen LogP contribution in [0.15, 0.2) is 47.5 Å². The molecule has 1 aliphatic rings. The molecule has 0 aliphatic heterocycles. The van der Waals surface area contributed by atoms with Gasteiger partial charge in [0.15, 0.2) is 5.75 Å². The van der Waals surface area contributed by atoms with Crippen molar-refractivity contribution in [3.05, 3.63) is 53.1 Å². The number of carbonyl (C=O) groups is 1. The first-order valence-corrected chi connectivity index (χ1v) is 11.8. The fraction of sp³-hybridized carbons (Fsp3) is 0.350. The number of carbonyl (C=O) groups excluding carboxylic acids is 1. The maximum atomic E-state index is 12.6. The van der Waals surface area contributed by atoms with Gasteiger partial charge >= 0.3 is 6.18 Å². The van der Waals surface area contributed by atoms with Crippen molar-refractivity contribution in [1.29, 1.82) is 0 Å². The van der Waals surface area contributed by atoms with E-state index in [1.54, 1.807) is 16.9 Å². The Kier molecular flexibility index (Phi) is 7.17. The molecule has 8 nitrogen and oxygen atoms in total. The van der Waals surface area contributed by atoms with Crippen LogP contribution in [0.25, 0.3) is 0 Å². The molecule has 1 aliphatic carbocycles. The lowest BCUT2D eigenvalue weighted by Crippen LogP contribution is -2.53. The third-order valence-electron chi connectivity index (χ3n) is 4.79. The van der Waals surface area contributed by atoms with Crippen LogP contribution < -0.4 is 15.4 Å². The van der Waals surface area contributed by atoms with Gasteiger partial charge in [-0.2, -0.15) is 18.2 Å². The summed E-state index contributed by atoms with van der Waals surface area (Å²) in [6.45, 7) is 1.95. The number of sulfonamides is 1. The minimum Gasteiger partial charge on any atom is -0.351 e. The number of aromatic nitrogens is 1. The van der Waals surface area contributed by atoms with E-state index in [1.165, 1.54) is 30.3 Å².